The van der Waals surface area contributed by atoms with Gasteiger partial charge in [-0.1, -0.05) is 82.1 Å². The van der Waals surface area contributed by atoms with E-state index in [9.17, 15) is 4.79 Å². The fourth-order valence-corrected chi connectivity index (χ4v) is 1.61. The van der Waals surface area contributed by atoms with Crippen LogP contribution in [0.3, 0.4) is 0 Å². The van der Waals surface area contributed by atoms with E-state index in [1.54, 1.807) is 11.8 Å². The predicted octanol–water partition coefficient (Wildman–Crippen LogP) is 7.01. The summed E-state index contributed by atoms with van der Waals surface area (Å²) in [6.07, 6.45) is 7.75. The first-order chi connectivity index (χ1) is 9.82. The minimum atomic E-state index is 0. The van der Waals surface area contributed by atoms with Crippen LogP contribution in [-0.2, 0) is 31.0 Å². The zero-order valence-electron chi connectivity index (χ0n) is 17.2. The molecule has 2 unspecified atom stereocenters. The molecule has 1 nitrogen and oxygen atoms in total. The molecule has 0 spiro atoms. The molecule has 0 fully saturated rings. The largest absolute Gasteiger partial charge is 2.00 e. The Balaban J connectivity index is -0.000000122. The number of carbonyl (C=O) groups excluding carboxylic acids is 1. The maximum absolute atomic E-state index is 9.61. The van der Waals surface area contributed by atoms with Gasteiger partial charge < -0.3 is 16.6 Å². The summed E-state index contributed by atoms with van der Waals surface area (Å²) in [5, 5.41) is 0. The molecule has 0 heterocycles. The molecule has 0 rings (SSSR count). The Hall–Kier alpha value is 1.25. The van der Waals surface area contributed by atoms with Crippen LogP contribution in [0.25, 0.3) is 0 Å². The van der Waals surface area contributed by atoms with E-state index in [4.69, 9.17) is 0 Å². The molecule has 0 N–H and O–H groups in total. The van der Waals surface area contributed by atoms with Gasteiger partial charge in [-0.3, -0.25) is 12.5 Å². The van der Waals surface area contributed by atoms with E-state index in [2.05, 4.69) is 73.4 Å². The maximum Gasteiger partial charge on any atom is 2.00 e. The molecule has 0 amide bonds. The maximum atomic E-state index is 9.61. The Morgan fingerprint density at radius 1 is 0.957 bits per heavy atom. The van der Waals surface area contributed by atoms with Crippen LogP contribution in [0.4, 0.5) is 0 Å². The van der Waals surface area contributed by atoms with E-state index in [1.165, 1.54) is 12.2 Å². The summed E-state index contributed by atoms with van der Waals surface area (Å²) in [5.41, 5.74) is 0. The van der Waals surface area contributed by atoms with E-state index in [-0.39, 0.29) is 32.1 Å². The second-order valence-electron chi connectivity index (χ2n) is 7.62. The molecule has 0 aliphatic carbocycles. The van der Waals surface area contributed by atoms with Gasteiger partial charge in [0.1, 0.15) is 0 Å². The number of hydrogen-bond acceptors (Lipinski definition) is 3. The van der Waals surface area contributed by atoms with Crippen molar-refractivity contribution in [1.82, 2.24) is 0 Å². The van der Waals surface area contributed by atoms with Crippen LogP contribution in [0.15, 0.2) is 0 Å². The van der Waals surface area contributed by atoms with Crippen LogP contribution in [0, 0.1) is 18.1 Å². The molecule has 4 heteroatoms. The van der Waals surface area contributed by atoms with Gasteiger partial charge in [-0.05, 0) is 16.4 Å². The van der Waals surface area contributed by atoms with Crippen LogP contribution in [0.5, 0.6) is 0 Å². The molecule has 23 heavy (non-hydrogen) atoms. The summed E-state index contributed by atoms with van der Waals surface area (Å²) in [6, 6.07) is 0. The monoisotopic (exact) mass is 438 g/mol. The molecule has 2 atom stereocenters. The van der Waals surface area contributed by atoms with E-state index in [1.807, 2.05) is 20.1 Å². The Kier molecular flexibility index (Phi) is 25.1. The minimum absolute atomic E-state index is 0. The van der Waals surface area contributed by atoms with Gasteiger partial charge in [0.15, 0.2) is 0 Å². The first-order valence-electron chi connectivity index (χ1n) is 8.27. The third-order valence-corrected chi connectivity index (χ3v) is 5.21. The zero-order valence-corrected chi connectivity index (χ0v) is 21.3. The summed E-state index contributed by atoms with van der Waals surface area (Å²) < 4.78 is 0.795. The molecule has 0 aromatic carbocycles. The second-order valence-corrected chi connectivity index (χ2v) is 11.0. The standard InChI is InChI=1S/C9H20S.C5H9O.C5H11S.Zr/c1-6-8(2)7-10-9(3,4)5;1-3-5(2)4-6;1-5(2,3)6-4;/h8H,6-7H2,1-5H3;5H,3H2,1-2H3;4H2,1-3H3;/q;2*-1;+2. The second kappa shape index (κ2) is 18.1. The van der Waals surface area contributed by atoms with Gasteiger partial charge in [0, 0.05) is 4.75 Å². The molecule has 0 aromatic heterocycles. The number of hydrogen-bond donors (Lipinski definition) is 0. The molecule has 0 bridgehead atoms. The quantitative estimate of drug-likeness (QED) is 0.429. The zero-order chi connectivity index (χ0) is 18.4. The Labute approximate surface area is 175 Å². The van der Waals surface area contributed by atoms with E-state index >= 15 is 0 Å². The molecular formula is C19H40OS2Zr. The third-order valence-electron chi connectivity index (χ3n) is 2.74. The van der Waals surface area contributed by atoms with E-state index in [0.29, 0.717) is 9.49 Å². The molecule has 138 valence electrons. The minimum Gasteiger partial charge on any atom is -0.542 e. The Bertz CT molecular complexity index is 245. The molecule has 0 aliphatic heterocycles. The van der Waals surface area contributed by atoms with Crippen molar-refractivity contribution in [3.63, 3.8) is 0 Å². The van der Waals surface area contributed by atoms with E-state index in [0.717, 1.165) is 12.3 Å². The molecule has 0 aliphatic rings. The van der Waals surface area contributed by atoms with Crippen molar-refractivity contribution in [3.8, 4) is 0 Å². The molecule has 0 saturated heterocycles. The molecule has 0 aromatic rings. The van der Waals surface area contributed by atoms with Crippen LogP contribution >= 0.6 is 23.5 Å². The summed E-state index contributed by atoms with van der Waals surface area (Å²) in [7, 11) is 0. The van der Waals surface area contributed by atoms with Crippen molar-refractivity contribution >= 4 is 29.8 Å². The molecule has 0 saturated carbocycles. The summed E-state index contributed by atoms with van der Waals surface area (Å²) >= 11 is 3.70. The van der Waals surface area contributed by atoms with Crippen molar-refractivity contribution in [2.75, 3.05) is 5.75 Å². The van der Waals surface area contributed by atoms with Gasteiger partial charge in [-0.2, -0.15) is 11.8 Å². The summed E-state index contributed by atoms with van der Waals surface area (Å²) in [6.45, 7) is 21.7. The van der Waals surface area contributed by atoms with Gasteiger partial charge in [-0.15, -0.1) is 5.92 Å². The smallest absolute Gasteiger partial charge is 0.542 e. The SMILES string of the molecule is CCC(C)CSC(C)(C)C.CCC(C)[C-]=O.[CH2-]SC(C)(C)C.[Zr+2]. The average Bonchev–Trinajstić information content (AvgIpc) is 2.43. The number of thioether (sulfide) groups is 2. The fraction of sp³-hybridized carbons (Fsp3) is 0.895. The first-order valence-corrected chi connectivity index (χ1v) is 10.2. The van der Waals surface area contributed by atoms with Gasteiger partial charge in [0.25, 0.3) is 0 Å². The van der Waals surface area contributed by atoms with Gasteiger partial charge in [0.2, 0.25) is 0 Å². The Morgan fingerprint density at radius 2 is 1.35 bits per heavy atom. The van der Waals surface area contributed by atoms with Crippen LogP contribution in [0.1, 0.15) is 82.1 Å². The fourth-order valence-electron chi connectivity index (χ4n) is 0.593. The van der Waals surface area contributed by atoms with Crippen molar-refractivity contribution in [2.45, 2.75) is 91.6 Å². The van der Waals surface area contributed by atoms with Crippen LogP contribution < -0.4 is 0 Å². The van der Waals surface area contributed by atoms with Crippen LogP contribution in [0.2, 0.25) is 0 Å². The number of rotatable bonds is 5. The van der Waals surface area contributed by atoms with Crippen molar-refractivity contribution in [2.24, 2.45) is 11.8 Å². The Morgan fingerprint density at radius 3 is 1.48 bits per heavy atom. The van der Waals surface area contributed by atoms with E-state index < -0.39 is 0 Å². The first kappa shape index (κ1) is 32.0. The molecule has 0 radical (unpaired) electrons. The van der Waals surface area contributed by atoms with Crippen LogP contribution in [-0.4, -0.2) is 21.5 Å². The average molecular weight is 440 g/mol. The predicted molar refractivity (Wildman–Crippen MR) is 110 cm³/mol. The van der Waals surface area contributed by atoms with Gasteiger partial charge >= 0.3 is 26.2 Å². The van der Waals surface area contributed by atoms with Crippen molar-refractivity contribution < 1.29 is 31.0 Å². The normalized spacial score (nSPS) is 13.3. The summed E-state index contributed by atoms with van der Waals surface area (Å²) in [5.74, 6) is 2.31. The van der Waals surface area contributed by atoms with Crippen molar-refractivity contribution in [1.29, 1.82) is 0 Å². The summed E-state index contributed by atoms with van der Waals surface area (Å²) in [4.78, 5) is 9.61. The third kappa shape index (κ3) is 39.8. The van der Waals surface area contributed by atoms with Gasteiger partial charge in [-0.25, -0.2) is 0 Å². The van der Waals surface area contributed by atoms with Crippen molar-refractivity contribution in [3.05, 3.63) is 6.26 Å². The topological polar surface area (TPSA) is 17.1 Å². The van der Waals surface area contributed by atoms with Gasteiger partial charge in [0.05, 0.1) is 0 Å². The molecular weight excluding hydrogens is 400 g/mol.